The van der Waals surface area contributed by atoms with Crippen LogP contribution in [0.4, 0.5) is 0 Å². The van der Waals surface area contributed by atoms with E-state index in [1.54, 1.807) is 0 Å². The molecule has 0 spiro atoms. The van der Waals surface area contributed by atoms with E-state index in [9.17, 15) is 0 Å². The molecule has 5 heteroatoms. The summed E-state index contributed by atoms with van der Waals surface area (Å²) >= 11 is 0. The van der Waals surface area contributed by atoms with E-state index in [-0.39, 0.29) is 22.5 Å². The molecular formula is C14H14BF3O. The van der Waals surface area contributed by atoms with Gasteiger partial charge >= 0.3 is 8.41 Å². The van der Waals surface area contributed by atoms with E-state index in [2.05, 4.69) is 24.3 Å². The van der Waals surface area contributed by atoms with Gasteiger partial charge in [0.15, 0.2) is 0 Å². The third-order valence-electron chi connectivity index (χ3n) is 2.22. The maximum atomic E-state index is 5.61. The first-order valence-electron chi connectivity index (χ1n) is 5.11. The average molecular weight is 266 g/mol. The standard InChI is InChI=1S/C14H14O.B.3FH/c1-3-7-13(8-4-1)11-15-12-14-9-5-2-6-10-14;;;;/h1-10H,11-12H2;;3*1H/q;+3;;;/p-3. The molecule has 0 aliphatic carbocycles. The van der Waals surface area contributed by atoms with Crippen LogP contribution < -0.4 is 14.1 Å². The van der Waals surface area contributed by atoms with Crippen LogP contribution in [0.15, 0.2) is 60.7 Å². The number of rotatable bonds is 4. The van der Waals surface area contributed by atoms with Gasteiger partial charge in [0.2, 0.25) is 0 Å². The number of ether oxygens (including phenoxy) is 1. The molecule has 0 atom stereocenters. The van der Waals surface area contributed by atoms with Gasteiger partial charge in [-0.1, -0.05) is 60.7 Å². The fourth-order valence-corrected chi connectivity index (χ4v) is 1.44. The predicted octanol–water partition coefficient (Wildman–Crippen LogP) is -5.97. The largest absolute Gasteiger partial charge is 3.00 e. The predicted molar refractivity (Wildman–Crippen MR) is 67.1 cm³/mol. The van der Waals surface area contributed by atoms with Crippen molar-refractivity contribution in [2.45, 2.75) is 13.2 Å². The fraction of sp³-hybridized carbons (Fsp3) is 0.143. The van der Waals surface area contributed by atoms with Gasteiger partial charge in [0.25, 0.3) is 0 Å². The maximum Gasteiger partial charge on any atom is 3.00 e. The Balaban J connectivity index is -0.000000640. The van der Waals surface area contributed by atoms with E-state index >= 15 is 0 Å². The molecule has 0 unspecified atom stereocenters. The fourth-order valence-electron chi connectivity index (χ4n) is 1.44. The summed E-state index contributed by atoms with van der Waals surface area (Å²) in [5.74, 6) is 0. The summed E-state index contributed by atoms with van der Waals surface area (Å²) in [4.78, 5) is 0. The molecule has 0 saturated carbocycles. The Hall–Kier alpha value is -1.75. The topological polar surface area (TPSA) is 9.23 Å². The zero-order valence-electron chi connectivity index (χ0n) is 10.3. The molecule has 0 aliphatic rings. The molecule has 2 aromatic carbocycles. The van der Waals surface area contributed by atoms with Crippen LogP contribution in [-0.2, 0) is 18.0 Å². The second-order valence-corrected chi connectivity index (χ2v) is 3.46. The van der Waals surface area contributed by atoms with E-state index in [1.165, 1.54) is 11.1 Å². The first kappa shape index (κ1) is 22.4. The van der Waals surface area contributed by atoms with Gasteiger partial charge in [-0.2, -0.15) is 0 Å². The van der Waals surface area contributed by atoms with Crippen molar-refractivity contribution in [3.8, 4) is 0 Å². The minimum Gasteiger partial charge on any atom is -1.00 e. The molecule has 0 radical (unpaired) electrons. The molecule has 2 aromatic rings. The van der Waals surface area contributed by atoms with Crippen LogP contribution >= 0.6 is 0 Å². The molecule has 0 aromatic heterocycles. The number of halogens is 3. The molecule has 100 valence electrons. The van der Waals surface area contributed by atoms with Crippen LogP contribution in [0, 0.1) is 0 Å². The first-order chi connectivity index (χ1) is 7.45. The molecule has 0 aliphatic heterocycles. The third kappa shape index (κ3) is 8.05. The second kappa shape index (κ2) is 12.7. The Bertz CT molecular complexity index is 358. The summed E-state index contributed by atoms with van der Waals surface area (Å²) in [6.07, 6.45) is 0. The van der Waals surface area contributed by atoms with Crippen LogP contribution in [0.2, 0.25) is 0 Å². The SMILES string of the molecule is [B+3].[F-].[F-].[F-].c1ccc(COCc2ccccc2)cc1. The smallest absolute Gasteiger partial charge is 1.00 e. The van der Waals surface area contributed by atoms with Gasteiger partial charge in [0.05, 0.1) is 13.2 Å². The van der Waals surface area contributed by atoms with Crippen molar-refractivity contribution in [2.24, 2.45) is 0 Å². The summed E-state index contributed by atoms with van der Waals surface area (Å²) < 4.78 is 5.61. The normalized spacial score (nSPS) is 8.00. The Morgan fingerprint density at radius 2 is 0.895 bits per heavy atom. The van der Waals surface area contributed by atoms with Gasteiger partial charge in [-0.05, 0) is 11.1 Å². The van der Waals surface area contributed by atoms with Crippen molar-refractivity contribution in [1.29, 1.82) is 0 Å². The van der Waals surface area contributed by atoms with Gasteiger partial charge in [-0.3, -0.25) is 0 Å². The molecule has 2 rings (SSSR count). The maximum absolute atomic E-state index is 5.61. The molecule has 0 heterocycles. The van der Waals surface area contributed by atoms with Gasteiger partial charge in [0.1, 0.15) is 0 Å². The number of hydrogen-bond acceptors (Lipinski definition) is 1. The minimum atomic E-state index is 0. The van der Waals surface area contributed by atoms with Crippen molar-refractivity contribution in [3.63, 3.8) is 0 Å². The van der Waals surface area contributed by atoms with E-state index in [0.29, 0.717) is 13.2 Å². The molecule has 19 heavy (non-hydrogen) atoms. The van der Waals surface area contributed by atoms with E-state index < -0.39 is 0 Å². The summed E-state index contributed by atoms with van der Waals surface area (Å²) in [6, 6.07) is 20.4. The van der Waals surface area contributed by atoms with E-state index in [1.807, 2.05) is 36.4 Å². The van der Waals surface area contributed by atoms with Crippen molar-refractivity contribution in [2.75, 3.05) is 0 Å². The summed E-state index contributed by atoms with van der Waals surface area (Å²) in [5.41, 5.74) is 2.43. The zero-order chi connectivity index (χ0) is 10.3. The Labute approximate surface area is 113 Å². The molecule has 0 fully saturated rings. The Morgan fingerprint density at radius 1 is 0.579 bits per heavy atom. The third-order valence-corrected chi connectivity index (χ3v) is 2.22. The van der Waals surface area contributed by atoms with Gasteiger partial charge in [-0.25, -0.2) is 0 Å². The average Bonchev–Trinajstić information content (AvgIpc) is 2.32. The summed E-state index contributed by atoms with van der Waals surface area (Å²) in [7, 11) is 0. The van der Waals surface area contributed by atoms with Crippen molar-refractivity contribution in [3.05, 3.63) is 71.8 Å². The van der Waals surface area contributed by atoms with Gasteiger partial charge in [0, 0.05) is 0 Å². The number of benzene rings is 2. The van der Waals surface area contributed by atoms with E-state index in [4.69, 9.17) is 4.74 Å². The van der Waals surface area contributed by atoms with Crippen LogP contribution in [0.5, 0.6) is 0 Å². The molecule has 0 amide bonds. The number of hydrogen-bond donors (Lipinski definition) is 0. The quantitative estimate of drug-likeness (QED) is 0.501. The summed E-state index contributed by atoms with van der Waals surface area (Å²) in [5, 5.41) is 0. The second-order valence-electron chi connectivity index (χ2n) is 3.46. The molecule has 1 nitrogen and oxygen atoms in total. The van der Waals surface area contributed by atoms with Gasteiger partial charge < -0.3 is 18.9 Å². The molecule has 0 N–H and O–H groups in total. The zero-order valence-corrected chi connectivity index (χ0v) is 10.3. The minimum absolute atomic E-state index is 0. The van der Waals surface area contributed by atoms with Crippen LogP contribution in [0.25, 0.3) is 0 Å². The van der Waals surface area contributed by atoms with Crippen molar-refractivity contribution < 1.29 is 18.9 Å². The Morgan fingerprint density at radius 3 is 1.21 bits per heavy atom. The molecule has 0 bridgehead atoms. The summed E-state index contributed by atoms with van der Waals surface area (Å²) in [6.45, 7) is 1.35. The van der Waals surface area contributed by atoms with Crippen LogP contribution in [-0.4, -0.2) is 8.41 Å². The van der Waals surface area contributed by atoms with Crippen molar-refractivity contribution >= 4 is 8.41 Å². The van der Waals surface area contributed by atoms with Crippen molar-refractivity contribution in [1.82, 2.24) is 0 Å². The van der Waals surface area contributed by atoms with E-state index in [0.717, 1.165) is 0 Å². The molecule has 0 saturated heterocycles. The monoisotopic (exact) mass is 266 g/mol. The Kier molecular flexibility index (Phi) is 15.0. The first-order valence-corrected chi connectivity index (χ1v) is 5.11. The van der Waals surface area contributed by atoms with Crippen LogP contribution in [0.3, 0.4) is 0 Å². The van der Waals surface area contributed by atoms with Gasteiger partial charge in [-0.15, -0.1) is 0 Å². The van der Waals surface area contributed by atoms with Crippen LogP contribution in [0.1, 0.15) is 11.1 Å². The molecular weight excluding hydrogens is 252 g/mol.